The van der Waals surface area contributed by atoms with Gasteiger partial charge in [0.25, 0.3) is 0 Å². The maximum atomic E-state index is 12.5. The summed E-state index contributed by atoms with van der Waals surface area (Å²) >= 11 is 0. The molecule has 0 saturated heterocycles. The highest BCUT2D eigenvalue weighted by Gasteiger charge is 2.05. The van der Waals surface area contributed by atoms with Crippen molar-refractivity contribution in [3.8, 4) is 0 Å². The molecule has 1 aromatic carbocycles. The second-order valence-corrected chi connectivity index (χ2v) is 2.99. The molecule has 0 aliphatic rings. The number of methoxy groups -OCH3 is 1. The highest BCUT2D eigenvalue weighted by atomic mass is 19.1. The second-order valence-electron chi connectivity index (χ2n) is 2.99. The van der Waals surface area contributed by atoms with Crippen LogP contribution in [-0.2, 0) is 9.47 Å². The lowest BCUT2D eigenvalue weighted by Gasteiger charge is -2.03. The van der Waals surface area contributed by atoms with Crippen molar-refractivity contribution in [1.82, 2.24) is 0 Å². The molecule has 3 nitrogen and oxygen atoms in total. The molecule has 82 valence electrons. The summed E-state index contributed by atoms with van der Waals surface area (Å²) in [5.74, 6) is -0.808. The molecule has 0 radical (unpaired) electrons. The Labute approximate surface area is 87.8 Å². The van der Waals surface area contributed by atoms with Gasteiger partial charge in [-0.2, -0.15) is 0 Å². The summed E-state index contributed by atoms with van der Waals surface area (Å²) in [4.78, 5) is 11.3. The van der Waals surface area contributed by atoms with E-state index in [9.17, 15) is 9.18 Å². The number of carbonyl (C=O) groups is 1. The zero-order valence-corrected chi connectivity index (χ0v) is 8.53. The Kier molecular flexibility index (Phi) is 4.77. The van der Waals surface area contributed by atoms with Crippen LogP contribution in [0.2, 0.25) is 0 Å². The summed E-state index contributed by atoms with van der Waals surface area (Å²) in [5.41, 5.74) is 0.355. The van der Waals surface area contributed by atoms with Crippen LogP contribution in [0, 0.1) is 5.82 Å². The van der Waals surface area contributed by atoms with Crippen molar-refractivity contribution >= 4 is 5.97 Å². The van der Waals surface area contributed by atoms with E-state index < -0.39 is 5.97 Å². The average molecular weight is 212 g/mol. The summed E-state index contributed by atoms with van der Waals surface area (Å²) in [6.07, 6.45) is 0.656. The minimum atomic E-state index is -0.439. The molecule has 0 bridgehead atoms. The van der Waals surface area contributed by atoms with Gasteiger partial charge in [-0.15, -0.1) is 0 Å². The SMILES string of the molecule is COCCCOC(=O)c1ccc(F)cc1. The fourth-order valence-corrected chi connectivity index (χ4v) is 1.04. The minimum absolute atomic E-state index is 0.310. The molecule has 0 N–H and O–H groups in total. The fourth-order valence-electron chi connectivity index (χ4n) is 1.04. The fraction of sp³-hybridized carbons (Fsp3) is 0.364. The first kappa shape index (κ1) is 11.7. The summed E-state index contributed by atoms with van der Waals surface area (Å²) in [5, 5.41) is 0. The van der Waals surface area contributed by atoms with Gasteiger partial charge in [0, 0.05) is 20.1 Å². The van der Waals surface area contributed by atoms with E-state index in [0.717, 1.165) is 0 Å². The van der Waals surface area contributed by atoms with Gasteiger partial charge in [0.2, 0.25) is 0 Å². The van der Waals surface area contributed by atoms with Crippen LogP contribution in [-0.4, -0.2) is 26.3 Å². The Morgan fingerprint density at radius 1 is 1.27 bits per heavy atom. The van der Waals surface area contributed by atoms with E-state index in [1.165, 1.54) is 24.3 Å². The van der Waals surface area contributed by atoms with E-state index in [4.69, 9.17) is 9.47 Å². The topological polar surface area (TPSA) is 35.5 Å². The number of carbonyl (C=O) groups excluding carboxylic acids is 1. The normalized spacial score (nSPS) is 10.0. The van der Waals surface area contributed by atoms with Crippen molar-refractivity contribution in [3.05, 3.63) is 35.6 Å². The van der Waals surface area contributed by atoms with Crippen molar-refractivity contribution in [1.29, 1.82) is 0 Å². The Balaban J connectivity index is 2.37. The van der Waals surface area contributed by atoms with Gasteiger partial charge in [0.05, 0.1) is 12.2 Å². The van der Waals surface area contributed by atoms with Crippen molar-refractivity contribution in [2.75, 3.05) is 20.3 Å². The summed E-state index contributed by atoms with van der Waals surface area (Å²) in [7, 11) is 1.59. The van der Waals surface area contributed by atoms with Gasteiger partial charge in [-0.3, -0.25) is 0 Å². The van der Waals surface area contributed by atoms with Crippen LogP contribution in [0.25, 0.3) is 0 Å². The number of hydrogen-bond acceptors (Lipinski definition) is 3. The standard InChI is InChI=1S/C11H13FO3/c1-14-7-2-8-15-11(13)9-3-5-10(12)6-4-9/h3-6H,2,7-8H2,1H3. The van der Waals surface area contributed by atoms with Crippen molar-refractivity contribution in [2.24, 2.45) is 0 Å². The molecule has 0 atom stereocenters. The Morgan fingerprint density at radius 2 is 1.93 bits per heavy atom. The van der Waals surface area contributed by atoms with E-state index in [0.29, 0.717) is 25.2 Å². The lowest BCUT2D eigenvalue weighted by molar-refractivity contribution is 0.0468. The van der Waals surface area contributed by atoms with Crippen LogP contribution in [0.5, 0.6) is 0 Å². The molecule has 0 saturated carbocycles. The van der Waals surface area contributed by atoms with Crippen LogP contribution < -0.4 is 0 Å². The van der Waals surface area contributed by atoms with Crippen molar-refractivity contribution in [3.63, 3.8) is 0 Å². The van der Waals surface area contributed by atoms with Gasteiger partial charge in [-0.05, 0) is 24.3 Å². The zero-order valence-electron chi connectivity index (χ0n) is 8.53. The molecular formula is C11H13FO3. The van der Waals surface area contributed by atoms with Gasteiger partial charge >= 0.3 is 5.97 Å². The molecule has 0 amide bonds. The van der Waals surface area contributed by atoms with Gasteiger partial charge in [-0.1, -0.05) is 0 Å². The summed E-state index contributed by atoms with van der Waals surface area (Å²) in [6, 6.07) is 5.25. The molecule has 1 aromatic rings. The van der Waals surface area contributed by atoms with E-state index in [1.807, 2.05) is 0 Å². The lowest BCUT2D eigenvalue weighted by Crippen LogP contribution is -2.07. The quantitative estimate of drug-likeness (QED) is 0.553. The molecule has 15 heavy (non-hydrogen) atoms. The van der Waals surface area contributed by atoms with E-state index in [1.54, 1.807) is 7.11 Å². The minimum Gasteiger partial charge on any atom is -0.462 e. The van der Waals surface area contributed by atoms with Crippen LogP contribution >= 0.6 is 0 Å². The maximum Gasteiger partial charge on any atom is 0.338 e. The Bertz CT molecular complexity index is 308. The largest absolute Gasteiger partial charge is 0.462 e. The number of hydrogen-bond donors (Lipinski definition) is 0. The van der Waals surface area contributed by atoms with E-state index >= 15 is 0 Å². The highest BCUT2D eigenvalue weighted by Crippen LogP contribution is 2.04. The van der Waals surface area contributed by atoms with Crippen LogP contribution in [0.1, 0.15) is 16.8 Å². The lowest BCUT2D eigenvalue weighted by atomic mass is 10.2. The molecule has 0 heterocycles. The van der Waals surface area contributed by atoms with Gasteiger partial charge in [0.15, 0.2) is 0 Å². The third kappa shape index (κ3) is 4.08. The molecule has 0 spiro atoms. The third-order valence-corrected chi connectivity index (χ3v) is 1.81. The maximum absolute atomic E-state index is 12.5. The summed E-state index contributed by atoms with van der Waals surface area (Å²) < 4.78 is 22.3. The highest BCUT2D eigenvalue weighted by molar-refractivity contribution is 5.89. The van der Waals surface area contributed by atoms with Gasteiger partial charge in [0.1, 0.15) is 5.82 Å². The molecule has 0 aliphatic heterocycles. The Hall–Kier alpha value is -1.42. The van der Waals surface area contributed by atoms with Crippen molar-refractivity contribution in [2.45, 2.75) is 6.42 Å². The molecule has 0 aromatic heterocycles. The van der Waals surface area contributed by atoms with Crippen LogP contribution in [0.15, 0.2) is 24.3 Å². The second kappa shape index (κ2) is 6.14. The molecule has 0 fully saturated rings. The predicted molar refractivity (Wildman–Crippen MR) is 53.2 cm³/mol. The number of ether oxygens (including phenoxy) is 2. The van der Waals surface area contributed by atoms with Gasteiger partial charge in [-0.25, -0.2) is 9.18 Å². The number of halogens is 1. The molecule has 4 heteroatoms. The molecule has 0 unspecified atom stereocenters. The average Bonchev–Trinajstić information content (AvgIpc) is 2.25. The Morgan fingerprint density at radius 3 is 2.53 bits per heavy atom. The molecular weight excluding hydrogens is 199 g/mol. The smallest absolute Gasteiger partial charge is 0.338 e. The number of benzene rings is 1. The summed E-state index contributed by atoms with van der Waals surface area (Å²) in [6.45, 7) is 0.862. The molecule has 0 aliphatic carbocycles. The predicted octanol–water partition coefficient (Wildman–Crippen LogP) is 2.02. The first-order valence-electron chi connectivity index (χ1n) is 4.65. The van der Waals surface area contributed by atoms with E-state index in [2.05, 4.69) is 0 Å². The van der Waals surface area contributed by atoms with Crippen LogP contribution in [0.4, 0.5) is 4.39 Å². The first-order chi connectivity index (χ1) is 7.24. The zero-order chi connectivity index (χ0) is 11.1. The van der Waals surface area contributed by atoms with Crippen LogP contribution in [0.3, 0.4) is 0 Å². The third-order valence-electron chi connectivity index (χ3n) is 1.81. The number of rotatable bonds is 5. The van der Waals surface area contributed by atoms with Crippen molar-refractivity contribution < 1.29 is 18.7 Å². The van der Waals surface area contributed by atoms with Gasteiger partial charge < -0.3 is 9.47 Å². The molecule has 1 rings (SSSR count). The first-order valence-corrected chi connectivity index (χ1v) is 4.65. The van der Waals surface area contributed by atoms with E-state index in [-0.39, 0.29) is 5.82 Å². The number of esters is 1. The monoisotopic (exact) mass is 212 g/mol.